The van der Waals surface area contributed by atoms with Crippen LogP contribution in [0, 0.1) is 11.3 Å². The van der Waals surface area contributed by atoms with Gasteiger partial charge in [0, 0.05) is 12.1 Å². The van der Waals surface area contributed by atoms with Crippen molar-refractivity contribution in [2.45, 2.75) is 72.4 Å². The summed E-state index contributed by atoms with van der Waals surface area (Å²) in [5.41, 5.74) is 0.380. The molecule has 2 heteroatoms. The highest BCUT2D eigenvalue weighted by Gasteiger charge is 2.28. The summed E-state index contributed by atoms with van der Waals surface area (Å²) in [7, 11) is 2.28. The zero-order valence-electron chi connectivity index (χ0n) is 13.4. The largest absolute Gasteiger partial charge is 0.314 e. The Morgan fingerprint density at radius 1 is 1.28 bits per heavy atom. The van der Waals surface area contributed by atoms with Gasteiger partial charge in [0.15, 0.2) is 0 Å². The molecule has 108 valence electrons. The van der Waals surface area contributed by atoms with Gasteiger partial charge in [-0.3, -0.25) is 0 Å². The molecular weight excluding hydrogens is 220 g/mol. The van der Waals surface area contributed by atoms with Crippen molar-refractivity contribution in [2.75, 3.05) is 20.1 Å². The number of nitrogens with zero attached hydrogens (tertiary/aromatic N) is 1. The van der Waals surface area contributed by atoms with Gasteiger partial charge in [0.1, 0.15) is 0 Å². The Labute approximate surface area is 115 Å². The Bertz CT molecular complexity index is 232. The molecule has 3 unspecified atom stereocenters. The number of rotatable bonds is 6. The molecule has 3 atom stereocenters. The Balaban J connectivity index is 2.35. The molecule has 0 radical (unpaired) electrons. The van der Waals surface area contributed by atoms with Gasteiger partial charge in [-0.25, -0.2) is 0 Å². The Kier molecular flexibility index (Phi) is 6.13. The maximum absolute atomic E-state index is 3.66. The SMILES string of the molecule is CCNC1CCCC1CCN(C)C(C)C(C)(C)C. The predicted molar refractivity (Wildman–Crippen MR) is 81.0 cm³/mol. The van der Waals surface area contributed by atoms with Crippen LogP contribution in [-0.4, -0.2) is 37.1 Å². The molecule has 0 heterocycles. The minimum atomic E-state index is 0.380. The van der Waals surface area contributed by atoms with Gasteiger partial charge in [0.2, 0.25) is 0 Å². The van der Waals surface area contributed by atoms with E-state index in [-0.39, 0.29) is 0 Å². The summed E-state index contributed by atoms with van der Waals surface area (Å²) in [6, 6.07) is 1.44. The average Bonchev–Trinajstić information content (AvgIpc) is 2.72. The Hall–Kier alpha value is -0.0800. The molecule has 2 nitrogen and oxygen atoms in total. The average molecular weight is 254 g/mol. The summed E-state index contributed by atoms with van der Waals surface area (Å²) in [6.07, 6.45) is 5.59. The molecule has 1 rings (SSSR count). The molecule has 1 fully saturated rings. The highest BCUT2D eigenvalue weighted by molar-refractivity contribution is 4.84. The monoisotopic (exact) mass is 254 g/mol. The first-order valence-electron chi connectivity index (χ1n) is 7.80. The van der Waals surface area contributed by atoms with E-state index in [9.17, 15) is 0 Å². The molecule has 0 spiro atoms. The zero-order valence-corrected chi connectivity index (χ0v) is 13.4. The van der Waals surface area contributed by atoms with Crippen molar-refractivity contribution in [2.24, 2.45) is 11.3 Å². The van der Waals surface area contributed by atoms with E-state index in [2.05, 4.69) is 51.9 Å². The van der Waals surface area contributed by atoms with Gasteiger partial charge in [-0.15, -0.1) is 0 Å². The minimum absolute atomic E-state index is 0.380. The lowest BCUT2D eigenvalue weighted by Gasteiger charge is -2.36. The van der Waals surface area contributed by atoms with Gasteiger partial charge in [0.05, 0.1) is 0 Å². The predicted octanol–water partition coefficient (Wildman–Crippen LogP) is 3.52. The fraction of sp³-hybridized carbons (Fsp3) is 1.00. The second-order valence-electron chi connectivity index (χ2n) is 7.17. The molecule has 0 saturated heterocycles. The molecule has 0 aliphatic heterocycles. The summed E-state index contributed by atoms with van der Waals surface area (Å²) in [5.74, 6) is 0.902. The van der Waals surface area contributed by atoms with E-state index in [0.717, 1.165) is 18.5 Å². The van der Waals surface area contributed by atoms with Crippen LogP contribution in [0.25, 0.3) is 0 Å². The molecule has 0 bridgehead atoms. The smallest absolute Gasteiger partial charge is 0.0112 e. The summed E-state index contributed by atoms with van der Waals surface area (Å²) < 4.78 is 0. The molecule has 1 N–H and O–H groups in total. The van der Waals surface area contributed by atoms with Crippen LogP contribution < -0.4 is 5.32 Å². The van der Waals surface area contributed by atoms with Crippen LogP contribution in [-0.2, 0) is 0 Å². The van der Waals surface area contributed by atoms with Crippen LogP contribution >= 0.6 is 0 Å². The highest BCUT2D eigenvalue weighted by Crippen LogP contribution is 2.29. The van der Waals surface area contributed by atoms with Crippen LogP contribution in [0.3, 0.4) is 0 Å². The first kappa shape index (κ1) is 16.0. The lowest BCUT2D eigenvalue weighted by atomic mass is 9.87. The minimum Gasteiger partial charge on any atom is -0.314 e. The molecule has 0 amide bonds. The van der Waals surface area contributed by atoms with Gasteiger partial charge >= 0.3 is 0 Å². The van der Waals surface area contributed by atoms with Crippen LogP contribution in [0.2, 0.25) is 0 Å². The normalized spacial score (nSPS) is 26.8. The van der Waals surface area contributed by atoms with E-state index in [4.69, 9.17) is 0 Å². The van der Waals surface area contributed by atoms with Crippen molar-refractivity contribution in [1.29, 1.82) is 0 Å². The van der Waals surface area contributed by atoms with E-state index < -0.39 is 0 Å². The van der Waals surface area contributed by atoms with Crippen molar-refractivity contribution in [3.8, 4) is 0 Å². The van der Waals surface area contributed by atoms with Crippen molar-refractivity contribution in [1.82, 2.24) is 10.2 Å². The van der Waals surface area contributed by atoms with Gasteiger partial charge < -0.3 is 10.2 Å². The fourth-order valence-corrected chi connectivity index (χ4v) is 3.14. The first-order valence-corrected chi connectivity index (χ1v) is 7.80. The highest BCUT2D eigenvalue weighted by atomic mass is 15.1. The third kappa shape index (κ3) is 4.55. The molecule has 1 aliphatic carbocycles. The van der Waals surface area contributed by atoms with Crippen molar-refractivity contribution in [3.63, 3.8) is 0 Å². The molecule has 0 aromatic heterocycles. The second kappa shape index (κ2) is 6.91. The number of hydrogen-bond acceptors (Lipinski definition) is 2. The standard InChI is InChI=1S/C16H34N2/c1-7-17-15-10-8-9-14(15)11-12-18(6)13(2)16(3,4)5/h13-15,17H,7-12H2,1-6H3. The third-order valence-electron chi connectivity index (χ3n) is 4.89. The van der Waals surface area contributed by atoms with E-state index in [1.54, 1.807) is 0 Å². The topological polar surface area (TPSA) is 15.3 Å². The van der Waals surface area contributed by atoms with Crippen LogP contribution in [0.15, 0.2) is 0 Å². The maximum atomic E-state index is 3.66. The lowest BCUT2D eigenvalue weighted by Crippen LogP contribution is -2.41. The van der Waals surface area contributed by atoms with Gasteiger partial charge in [0.25, 0.3) is 0 Å². The summed E-state index contributed by atoms with van der Waals surface area (Å²) in [5, 5.41) is 3.66. The van der Waals surface area contributed by atoms with Crippen molar-refractivity contribution >= 4 is 0 Å². The molecule has 0 aromatic carbocycles. The summed E-state index contributed by atoms with van der Waals surface area (Å²) >= 11 is 0. The van der Waals surface area contributed by atoms with Crippen LogP contribution in [0.5, 0.6) is 0 Å². The van der Waals surface area contributed by atoms with Crippen molar-refractivity contribution in [3.05, 3.63) is 0 Å². The van der Waals surface area contributed by atoms with E-state index in [0.29, 0.717) is 11.5 Å². The van der Waals surface area contributed by atoms with Gasteiger partial charge in [-0.05, 0) is 57.7 Å². The summed E-state index contributed by atoms with van der Waals surface area (Å²) in [4.78, 5) is 2.54. The number of hydrogen-bond donors (Lipinski definition) is 1. The molecule has 1 saturated carbocycles. The van der Waals surface area contributed by atoms with Crippen LogP contribution in [0.4, 0.5) is 0 Å². The molecule has 1 aliphatic rings. The second-order valence-corrected chi connectivity index (χ2v) is 7.17. The fourth-order valence-electron chi connectivity index (χ4n) is 3.14. The van der Waals surface area contributed by atoms with E-state index in [1.165, 1.54) is 32.2 Å². The Morgan fingerprint density at radius 3 is 2.50 bits per heavy atom. The quantitative estimate of drug-likeness (QED) is 0.780. The Morgan fingerprint density at radius 2 is 1.94 bits per heavy atom. The molecule has 0 aromatic rings. The third-order valence-corrected chi connectivity index (χ3v) is 4.89. The summed E-state index contributed by atoms with van der Waals surface area (Å²) in [6.45, 7) is 14.0. The molecule has 18 heavy (non-hydrogen) atoms. The maximum Gasteiger partial charge on any atom is 0.0112 e. The molecular formula is C16H34N2. The van der Waals surface area contributed by atoms with Crippen LogP contribution in [0.1, 0.15) is 60.3 Å². The first-order chi connectivity index (χ1) is 8.36. The van der Waals surface area contributed by atoms with E-state index in [1.807, 2.05) is 0 Å². The number of nitrogens with one attached hydrogen (secondary N) is 1. The van der Waals surface area contributed by atoms with Gasteiger partial charge in [-0.2, -0.15) is 0 Å². The zero-order chi connectivity index (χ0) is 13.8. The van der Waals surface area contributed by atoms with E-state index >= 15 is 0 Å². The lowest BCUT2D eigenvalue weighted by molar-refractivity contribution is 0.132. The van der Waals surface area contributed by atoms with Gasteiger partial charge in [-0.1, -0.05) is 34.1 Å². The van der Waals surface area contributed by atoms with Crippen molar-refractivity contribution < 1.29 is 0 Å².